The maximum Gasteiger partial charge on any atom is 0.315 e. The number of urea groups is 1. The second-order valence-corrected chi connectivity index (χ2v) is 8.35. The highest BCUT2D eigenvalue weighted by molar-refractivity contribution is 5.86. The molecule has 1 saturated heterocycles. The lowest BCUT2D eigenvalue weighted by atomic mass is 10.0. The van der Waals surface area contributed by atoms with E-state index in [1.165, 1.54) is 16.3 Å². The number of hydrogen-bond donors (Lipinski definition) is 2. The van der Waals surface area contributed by atoms with Gasteiger partial charge in [0.25, 0.3) is 0 Å². The van der Waals surface area contributed by atoms with Crippen LogP contribution in [0, 0.1) is 0 Å². The molecule has 0 radical (unpaired) electrons. The Bertz CT molecular complexity index is 1020. The van der Waals surface area contributed by atoms with Gasteiger partial charge in [0, 0.05) is 46.0 Å². The van der Waals surface area contributed by atoms with E-state index in [4.69, 9.17) is 4.74 Å². The molecule has 0 saturated carbocycles. The number of rotatable bonds is 7. The smallest absolute Gasteiger partial charge is 0.315 e. The van der Waals surface area contributed by atoms with Gasteiger partial charge >= 0.3 is 6.03 Å². The summed E-state index contributed by atoms with van der Waals surface area (Å²) in [5.74, 6) is 0. The zero-order valence-corrected chi connectivity index (χ0v) is 18.9. The minimum atomic E-state index is -0.152. The number of morpholine rings is 1. The molecule has 4 rings (SSSR count). The van der Waals surface area contributed by atoms with Gasteiger partial charge in [0.1, 0.15) is 0 Å². The quantitative estimate of drug-likeness (QED) is 0.597. The fourth-order valence-corrected chi connectivity index (χ4v) is 4.22. The molecular weight excluding hydrogens is 400 g/mol. The summed E-state index contributed by atoms with van der Waals surface area (Å²) in [5.41, 5.74) is 3.48. The number of carbonyl (C=O) groups is 1. The molecule has 0 spiro atoms. The van der Waals surface area contributed by atoms with Gasteiger partial charge in [-0.15, -0.1) is 0 Å². The molecule has 1 heterocycles. The van der Waals surface area contributed by atoms with Crippen LogP contribution in [-0.2, 0) is 11.3 Å². The Kier molecular flexibility index (Phi) is 7.24. The number of anilines is 1. The lowest BCUT2D eigenvalue weighted by Gasteiger charge is -2.35. The molecule has 3 aromatic carbocycles. The molecule has 0 bridgehead atoms. The molecule has 1 aliphatic rings. The Hall–Kier alpha value is -3.09. The van der Waals surface area contributed by atoms with Crippen molar-refractivity contribution >= 4 is 22.5 Å². The molecule has 1 atom stereocenters. The van der Waals surface area contributed by atoms with Crippen LogP contribution in [0.2, 0.25) is 0 Å². The normalized spacial score (nSPS) is 15.3. The van der Waals surface area contributed by atoms with Crippen LogP contribution in [0.3, 0.4) is 0 Å². The van der Waals surface area contributed by atoms with Crippen molar-refractivity contribution in [2.24, 2.45) is 0 Å². The van der Waals surface area contributed by atoms with Gasteiger partial charge < -0.3 is 20.3 Å². The van der Waals surface area contributed by atoms with Gasteiger partial charge in [0.15, 0.2) is 0 Å². The summed E-state index contributed by atoms with van der Waals surface area (Å²) in [5, 5.41) is 8.47. The summed E-state index contributed by atoms with van der Waals surface area (Å²) in [6.07, 6.45) is 0. The van der Waals surface area contributed by atoms with Crippen LogP contribution in [0.4, 0.5) is 10.5 Å². The minimum Gasteiger partial charge on any atom is -0.379 e. The second kappa shape index (κ2) is 10.5. The number of benzene rings is 3. The molecule has 3 aromatic rings. The van der Waals surface area contributed by atoms with Crippen LogP contribution in [0.25, 0.3) is 10.8 Å². The van der Waals surface area contributed by atoms with Crippen molar-refractivity contribution in [2.75, 3.05) is 51.8 Å². The molecule has 1 fully saturated rings. The van der Waals surface area contributed by atoms with E-state index in [0.717, 1.165) is 37.6 Å². The topological polar surface area (TPSA) is 56.8 Å². The van der Waals surface area contributed by atoms with E-state index >= 15 is 0 Å². The number of nitrogens with zero attached hydrogens (tertiary/aromatic N) is 2. The van der Waals surface area contributed by atoms with Crippen LogP contribution in [0.5, 0.6) is 0 Å². The van der Waals surface area contributed by atoms with E-state index in [0.29, 0.717) is 13.1 Å². The van der Waals surface area contributed by atoms with Crippen LogP contribution < -0.4 is 15.5 Å². The zero-order valence-electron chi connectivity index (χ0n) is 18.9. The highest BCUT2D eigenvalue weighted by Crippen LogP contribution is 2.24. The largest absolute Gasteiger partial charge is 0.379 e. The lowest BCUT2D eigenvalue weighted by molar-refractivity contribution is 0.0167. The molecule has 32 heavy (non-hydrogen) atoms. The average Bonchev–Trinajstić information content (AvgIpc) is 2.84. The fraction of sp³-hybridized carbons (Fsp3) is 0.346. The van der Waals surface area contributed by atoms with E-state index in [1.54, 1.807) is 0 Å². The average molecular weight is 433 g/mol. The first-order valence-electron chi connectivity index (χ1n) is 11.2. The molecule has 1 aliphatic heterocycles. The van der Waals surface area contributed by atoms with Crippen molar-refractivity contribution in [3.05, 3.63) is 77.9 Å². The summed E-state index contributed by atoms with van der Waals surface area (Å²) in [4.78, 5) is 17.1. The van der Waals surface area contributed by atoms with Gasteiger partial charge in [-0.3, -0.25) is 4.90 Å². The Labute approximate surface area is 190 Å². The van der Waals surface area contributed by atoms with Gasteiger partial charge in [0.05, 0.1) is 19.3 Å². The van der Waals surface area contributed by atoms with Crippen LogP contribution >= 0.6 is 0 Å². The van der Waals surface area contributed by atoms with Crippen molar-refractivity contribution in [3.63, 3.8) is 0 Å². The lowest BCUT2D eigenvalue weighted by Crippen LogP contribution is -2.45. The van der Waals surface area contributed by atoms with E-state index < -0.39 is 0 Å². The predicted molar refractivity (Wildman–Crippen MR) is 130 cm³/mol. The van der Waals surface area contributed by atoms with Gasteiger partial charge in [-0.2, -0.15) is 0 Å². The molecule has 0 aliphatic carbocycles. The maximum atomic E-state index is 12.6. The molecule has 1 unspecified atom stereocenters. The second-order valence-electron chi connectivity index (χ2n) is 8.35. The van der Waals surface area contributed by atoms with Crippen molar-refractivity contribution in [2.45, 2.75) is 12.6 Å². The van der Waals surface area contributed by atoms with E-state index in [-0.39, 0.29) is 12.1 Å². The molecule has 0 aromatic heterocycles. The van der Waals surface area contributed by atoms with E-state index in [1.807, 2.05) is 32.3 Å². The van der Waals surface area contributed by atoms with Gasteiger partial charge in [0.2, 0.25) is 0 Å². The SMILES string of the molecule is CN(C)c1ccc(C(CNC(=O)NCc2cccc3ccccc23)N2CCOCC2)cc1. The first kappa shape index (κ1) is 22.1. The molecule has 168 valence electrons. The number of amides is 2. The Morgan fingerprint density at radius 1 is 0.969 bits per heavy atom. The first-order valence-corrected chi connectivity index (χ1v) is 11.2. The van der Waals surface area contributed by atoms with Crippen LogP contribution in [-0.4, -0.2) is 57.9 Å². The Balaban J connectivity index is 1.40. The molecule has 2 amide bonds. The van der Waals surface area contributed by atoms with E-state index in [9.17, 15) is 4.79 Å². The number of ether oxygens (including phenoxy) is 1. The highest BCUT2D eigenvalue weighted by atomic mass is 16.5. The van der Waals surface area contributed by atoms with Crippen molar-refractivity contribution < 1.29 is 9.53 Å². The van der Waals surface area contributed by atoms with Crippen LogP contribution in [0.15, 0.2) is 66.7 Å². The standard InChI is InChI=1S/C26H32N4O2/c1-29(2)23-12-10-21(11-13-23)25(30-14-16-32-17-15-30)19-28-26(31)27-18-22-8-5-7-20-6-3-4-9-24(20)22/h3-13,25H,14-19H2,1-2H3,(H2,27,28,31). The summed E-state index contributed by atoms with van der Waals surface area (Å²) in [6.45, 7) is 4.20. The third-order valence-electron chi connectivity index (χ3n) is 6.06. The Morgan fingerprint density at radius 3 is 2.44 bits per heavy atom. The first-order chi connectivity index (χ1) is 15.6. The molecule has 6 heteroatoms. The summed E-state index contributed by atoms with van der Waals surface area (Å²) in [7, 11) is 4.08. The Morgan fingerprint density at radius 2 is 1.69 bits per heavy atom. The number of fused-ring (bicyclic) bond motifs is 1. The van der Waals surface area contributed by atoms with Gasteiger partial charge in [-0.1, -0.05) is 54.6 Å². The molecule has 6 nitrogen and oxygen atoms in total. The summed E-state index contributed by atoms with van der Waals surface area (Å²) in [6, 6.07) is 23.0. The van der Waals surface area contributed by atoms with E-state index in [2.05, 4.69) is 69.0 Å². The van der Waals surface area contributed by atoms with Crippen molar-refractivity contribution in [1.29, 1.82) is 0 Å². The zero-order chi connectivity index (χ0) is 22.3. The number of hydrogen-bond acceptors (Lipinski definition) is 4. The third kappa shape index (κ3) is 5.39. The molecule has 2 N–H and O–H groups in total. The van der Waals surface area contributed by atoms with Gasteiger partial charge in [-0.25, -0.2) is 4.79 Å². The summed E-state index contributed by atoms with van der Waals surface area (Å²) < 4.78 is 5.54. The van der Waals surface area contributed by atoms with Gasteiger partial charge in [-0.05, 0) is 34.0 Å². The highest BCUT2D eigenvalue weighted by Gasteiger charge is 2.23. The fourth-order valence-electron chi connectivity index (χ4n) is 4.22. The number of carbonyl (C=O) groups excluding carboxylic acids is 1. The minimum absolute atomic E-state index is 0.110. The monoisotopic (exact) mass is 432 g/mol. The molecular formula is C26H32N4O2. The number of nitrogens with one attached hydrogen (secondary N) is 2. The summed E-state index contributed by atoms with van der Waals surface area (Å²) >= 11 is 0. The van der Waals surface area contributed by atoms with Crippen molar-refractivity contribution in [3.8, 4) is 0 Å². The van der Waals surface area contributed by atoms with Crippen molar-refractivity contribution in [1.82, 2.24) is 15.5 Å². The predicted octanol–water partition coefficient (Wildman–Crippen LogP) is 3.78. The maximum absolute atomic E-state index is 12.6. The van der Waals surface area contributed by atoms with Crippen LogP contribution in [0.1, 0.15) is 17.2 Å². The third-order valence-corrected chi connectivity index (χ3v) is 6.06.